The molecule has 3 rings (SSSR count). The molecule has 3 N–H and O–H groups in total. The minimum absolute atomic E-state index is 0. The van der Waals surface area contributed by atoms with Gasteiger partial charge in [0.05, 0.1) is 16.1 Å². The molecule has 3 amide bonds. The van der Waals surface area contributed by atoms with Crippen molar-refractivity contribution in [3.05, 3.63) is 41.0 Å². The van der Waals surface area contributed by atoms with Gasteiger partial charge in [-0.25, -0.2) is 4.98 Å². The van der Waals surface area contributed by atoms with Crippen molar-refractivity contribution in [3.63, 3.8) is 0 Å². The minimum Gasteiger partial charge on any atom is -0.372 e. The number of rotatable bonds is 8. The number of thiazole rings is 1. The summed E-state index contributed by atoms with van der Waals surface area (Å²) < 4.78 is 0. The van der Waals surface area contributed by atoms with E-state index in [1.54, 1.807) is 18.4 Å². The molecule has 0 bridgehead atoms. The van der Waals surface area contributed by atoms with Crippen molar-refractivity contribution in [2.75, 3.05) is 13.6 Å². The molecular formula is C29H46N4O4S. The lowest BCUT2D eigenvalue weighted by Gasteiger charge is -2.28. The summed E-state index contributed by atoms with van der Waals surface area (Å²) in [6.45, 7) is 9.37. The van der Waals surface area contributed by atoms with E-state index in [1.165, 1.54) is 16.0 Å². The van der Waals surface area contributed by atoms with Crippen LogP contribution in [-0.2, 0) is 25.6 Å². The molecule has 9 heteroatoms. The Labute approximate surface area is 232 Å². The first-order valence-electron chi connectivity index (χ1n) is 12.6. The zero-order valence-corrected chi connectivity index (χ0v) is 23.6. The lowest BCUT2D eigenvalue weighted by molar-refractivity contribution is -0.134. The number of nitrogens with one attached hydrogen (secondary N) is 1. The molecule has 0 radical (unpaired) electrons. The fraction of sp³-hybridized carbons (Fsp3) is 0.552. The van der Waals surface area contributed by atoms with Gasteiger partial charge in [0.15, 0.2) is 0 Å². The molecule has 2 heterocycles. The zero-order chi connectivity index (χ0) is 27.8. The Morgan fingerprint density at radius 2 is 1.84 bits per heavy atom. The second kappa shape index (κ2) is 18.2. The van der Waals surface area contributed by atoms with Crippen molar-refractivity contribution < 1.29 is 19.2 Å². The standard InChI is InChI=1S/C21H28N2OS.C6H11NO2.CH3NO.CH4/c1-15-20(25-14-22-15)17-9-7-16(8-10-17)12-18-6-5-11-23(18)19(24)13-21(2,3)4;1-7-6(9)4-2-3-5-8;2-1-3;/h7-10,14,18H,5-6,11-13H2,1-4H3;5H,2-4H2,1H3,(H,7,9);1H,(H2,2,3);1H4. The van der Waals surface area contributed by atoms with Crippen LogP contribution in [0.4, 0.5) is 0 Å². The summed E-state index contributed by atoms with van der Waals surface area (Å²) in [6, 6.07) is 9.14. The van der Waals surface area contributed by atoms with E-state index in [0.29, 0.717) is 37.6 Å². The Bertz CT molecular complexity index is 983. The summed E-state index contributed by atoms with van der Waals surface area (Å²) in [5.41, 5.74) is 9.75. The molecule has 1 fully saturated rings. The lowest BCUT2D eigenvalue weighted by atomic mass is 9.91. The smallest absolute Gasteiger partial charge is 0.223 e. The third-order valence-electron chi connectivity index (χ3n) is 5.82. The van der Waals surface area contributed by atoms with Gasteiger partial charge in [0.1, 0.15) is 6.29 Å². The normalized spacial score (nSPS) is 14.1. The number of carbonyl (C=O) groups excluding carboxylic acids is 4. The maximum Gasteiger partial charge on any atom is 0.223 e. The van der Waals surface area contributed by atoms with Crippen molar-refractivity contribution in [2.24, 2.45) is 11.1 Å². The van der Waals surface area contributed by atoms with Gasteiger partial charge in [-0.05, 0) is 49.1 Å². The third-order valence-corrected chi connectivity index (χ3v) is 6.79. The maximum absolute atomic E-state index is 12.6. The Hall–Kier alpha value is -3.07. The molecule has 38 heavy (non-hydrogen) atoms. The molecule has 0 aliphatic carbocycles. The van der Waals surface area contributed by atoms with Gasteiger partial charge in [-0.3, -0.25) is 14.4 Å². The largest absolute Gasteiger partial charge is 0.372 e. The van der Waals surface area contributed by atoms with Crippen LogP contribution in [0, 0.1) is 12.3 Å². The summed E-state index contributed by atoms with van der Waals surface area (Å²) in [4.78, 5) is 49.1. The number of primary amides is 1. The highest BCUT2D eigenvalue weighted by Gasteiger charge is 2.30. The van der Waals surface area contributed by atoms with Crippen molar-refractivity contribution in [1.82, 2.24) is 15.2 Å². The minimum atomic E-state index is -0.00292. The van der Waals surface area contributed by atoms with E-state index in [0.717, 1.165) is 37.8 Å². The summed E-state index contributed by atoms with van der Waals surface area (Å²) in [5.74, 6) is 0.309. The number of nitrogens with zero attached hydrogens (tertiary/aromatic N) is 2. The molecule has 1 aliphatic rings. The molecule has 8 nitrogen and oxygen atoms in total. The Morgan fingerprint density at radius 1 is 1.21 bits per heavy atom. The fourth-order valence-corrected chi connectivity index (χ4v) is 4.86. The second-order valence-electron chi connectivity index (χ2n) is 10.2. The van der Waals surface area contributed by atoms with Crippen LogP contribution in [0.1, 0.15) is 78.0 Å². The van der Waals surface area contributed by atoms with Crippen LogP contribution < -0.4 is 11.1 Å². The number of carbonyl (C=O) groups is 4. The van der Waals surface area contributed by atoms with Crippen molar-refractivity contribution in [3.8, 4) is 10.4 Å². The van der Waals surface area contributed by atoms with Gasteiger partial charge >= 0.3 is 0 Å². The number of amides is 3. The van der Waals surface area contributed by atoms with Crippen LogP contribution in [0.25, 0.3) is 10.4 Å². The first-order chi connectivity index (χ1) is 17.6. The van der Waals surface area contributed by atoms with E-state index in [9.17, 15) is 14.4 Å². The zero-order valence-electron chi connectivity index (χ0n) is 22.8. The molecule has 212 valence electrons. The van der Waals surface area contributed by atoms with Crippen molar-refractivity contribution >= 4 is 35.8 Å². The number of likely N-dealkylation sites (tertiary alicyclic amines) is 1. The van der Waals surface area contributed by atoms with Crippen LogP contribution in [0.2, 0.25) is 0 Å². The average molecular weight is 547 g/mol. The molecule has 1 aromatic carbocycles. The number of hydrogen-bond donors (Lipinski definition) is 2. The molecule has 1 saturated heterocycles. The molecule has 0 spiro atoms. The predicted octanol–water partition coefficient (Wildman–Crippen LogP) is 4.93. The van der Waals surface area contributed by atoms with Gasteiger partial charge < -0.3 is 20.7 Å². The van der Waals surface area contributed by atoms with E-state index < -0.39 is 0 Å². The molecule has 1 aromatic heterocycles. The summed E-state index contributed by atoms with van der Waals surface area (Å²) in [7, 11) is 1.59. The van der Waals surface area contributed by atoms with Gasteiger partial charge in [-0.15, -0.1) is 11.3 Å². The number of benzene rings is 1. The van der Waals surface area contributed by atoms with E-state index >= 15 is 0 Å². The van der Waals surface area contributed by atoms with Gasteiger partial charge in [0.2, 0.25) is 18.2 Å². The van der Waals surface area contributed by atoms with Gasteiger partial charge in [0.25, 0.3) is 0 Å². The van der Waals surface area contributed by atoms with Crippen molar-refractivity contribution in [1.29, 1.82) is 0 Å². The molecule has 2 aromatic rings. The number of unbranched alkanes of at least 4 members (excludes halogenated alkanes) is 1. The van der Waals surface area contributed by atoms with Crippen LogP contribution >= 0.6 is 11.3 Å². The molecule has 1 aliphatic heterocycles. The predicted molar refractivity (Wildman–Crippen MR) is 156 cm³/mol. The van der Waals surface area contributed by atoms with Crippen LogP contribution in [0.5, 0.6) is 0 Å². The molecule has 0 saturated carbocycles. The van der Waals surface area contributed by atoms with Crippen LogP contribution in [0.15, 0.2) is 29.8 Å². The maximum atomic E-state index is 12.6. The van der Waals surface area contributed by atoms with E-state index in [-0.39, 0.29) is 25.2 Å². The monoisotopic (exact) mass is 546 g/mol. The average Bonchev–Trinajstić information content (AvgIpc) is 3.48. The first kappa shape index (κ1) is 34.9. The number of aromatic nitrogens is 1. The van der Waals surface area contributed by atoms with Gasteiger partial charge in [0, 0.05) is 38.9 Å². The first-order valence-corrected chi connectivity index (χ1v) is 13.5. The number of nitrogens with two attached hydrogens (primary N) is 1. The lowest BCUT2D eigenvalue weighted by Crippen LogP contribution is -2.38. The van der Waals surface area contributed by atoms with Gasteiger partial charge in [-0.1, -0.05) is 52.5 Å². The van der Waals surface area contributed by atoms with E-state index in [1.807, 2.05) is 5.51 Å². The van der Waals surface area contributed by atoms with E-state index in [2.05, 4.69) is 72.9 Å². The topological polar surface area (TPSA) is 122 Å². The summed E-state index contributed by atoms with van der Waals surface area (Å²) >= 11 is 1.69. The quantitative estimate of drug-likeness (QED) is 0.359. The van der Waals surface area contributed by atoms with E-state index in [4.69, 9.17) is 4.79 Å². The SMILES string of the molecule is C.CNC(=O)CCCC=O.Cc1ncsc1-c1ccc(CC2CCCN2C(=O)CC(C)(C)C)cc1.NC=O. The molecule has 1 unspecified atom stereocenters. The van der Waals surface area contributed by atoms with Crippen LogP contribution in [-0.4, -0.2) is 54.0 Å². The van der Waals surface area contributed by atoms with Crippen LogP contribution in [0.3, 0.4) is 0 Å². The summed E-state index contributed by atoms with van der Waals surface area (Å²) in [5, 5.41) is 2.47. The number of aldehydes is 1. The fourth-order valence-electron chi connectivity index (χ4n) is 4.05. The summed E-state index contributed by atoms with van der Waals surface area (Å²) in [6.07, 6.45) is 6.49. The van der Waals surface area contributed by atoms with Crippen molar-refractivity contribution in [2.45, 2.75) is 86.1 Å². The third kappa shape index (κ3) is 12.9. The Kier molecular flexibility index (Phi) is 16.8. The highest BCUT2D eigenvalue weighted by atomic mass is 32.1. The Balaban J connectivity index is 0.000000892. The number of aryl methyl sites for hydroxylation is 1. The second-order valence-corrected chi connectivity index (χ2v) is 11.0. The number of hydrogen-bond acceptors (Lipinski definition) is 6. The van der Waals surface area contributed by atoms with Gasteiger partial charge in [-0.2, -0.15) is 0 Å². The highest BCUT2D eigenvalue weighted by Crippen LogP contribution is 2.29. The molecule has 1 atom stereocenters. The highest BCUT2D eigenvalue weighted by molar-refractivity contribution is 7.13. The Morgan fingerprint density at radius 3 is 2.34 bits per heavy atom. The molecular weight excluding hydrogens is 500 g/mol.